The van der Waals surface area contributed by atoms with E-state index in [1.807, 2.05) is 5.38 Å². The number of hydrogen-bond donors (Lipinski definition) is 2. The molecule has 1 amide bonds. The van der Waals surface area contributed by atoms with Crippen LogP contribution in [0.4, 0.5) is 0 Å². The molecule has 1 aromatic carbocycles. The molecule has 3 rings (SSSR count). The van der Waals surface area contributed by atoms with E-state index in [4.69, 9.17) is 9.47 Å². The maximum Gasteiger partial charge on any atom is 0.251 e. The molecule has 1 unspecified atom stereocenters. The van der Waals surface area contributed by atoms with Crippen molar-refractivity contribution >= 4 is 42.1 Å². The second-order valence-corrected chi connectivity index (χ2v) is 6.02. The number of methoxy groups -OCH3 is 1. The Labute approximate surface area is 163 Å². The van der Waals surface area contributed by atoms with Crippen LogP contribution in [0.25, 0.3) is 0 Å². The normalized spacial score (nSPS) is 15.6. The lowest BCUT2D eigenvalue weighted by atomic mass is 10.1. The van der Waals surface area contributed by atoms with Gasteiger partial charge in [0.05, 0.1) is 18.3 Å². The fourth-order valence-electron chi connectivity index (χ4n) is 2.44. The molecule has 1 aliphatic heterocycles. The van der Waals surface area contributed by atoms with E-state index in [2.05, 4.69) is 15.6 Å². The smallest absolute Gasteiger partial charge is 0.251 e. The number of amides is 1. The summed E-state index contributed by atoms with van der Waals surface area (Å²) in [5, 5.41) is 8.17. The Hall–Kier alpha value is -1.54. The van der Waals surface area contributed by atoms with Gasteiger partial charge in [-0.15, -0.1) is 36.2 Å². The Morgan fingerprint density at radius 3 is 2.88 bits per heavy atom. The van der Waals surface area contributed by atoms with Crippen LogP contribution in [0.2, 0.25) is 0 Å². The van der Waals surface area contributed by atoms with Crippen LogP contribution < -0.4 is 20.1 Å². The Morgan fingerprint density at radius 1 is 1.40 bits per heavy atom. The zero-order valence-corrected chi connectivity index (χ0v) is 16.1. The van der Waals surface area contributed by atoms with Gasteiger partial charge in [0.15, 0.2) is 11.5 Å². The van der Waals surface area contributed by atoms with E-state index < -0.39 is 0 Å². The van der Waals surface area contributed by atoms with E-state index in [9.17, 15) is 4.79 Å². The molecule has 1 atom stereocenters. The summed E-state index contributed by atoms with van der Waals surface area (Å²) < 4.78 is 11.1. The Kier molecular flexibility index (Phi) is 8.99. The monoisotopic (exact) mass is 405 g/mol. The molecule has 1 saturated heterocycles. The van der Waals surface area contributed by atoms with Crippen LogP contribution in [0.5, 0.6) is 11.5 Å². The minimum Gasteiger partial charge on any atom is -0.493 e. The van der Waals surface area contributed by atoms with Gasteiger partial charge in [0.2, 0.25) is 0 Å². The number of carbonyl (C=O) groups is 1. The molecule has 2 N–H and O–H groups in total. The molecule has 0 radical (unpaired) electrons. The summed E-state index contributed by atoms with van der Waals surface area (Å²) in [6.45, 7) is 2.13. The average Bonchev–Trinajstić information content (AvgIpc) is 3.26. The fourth-order valence-corrected chi connectivity index (χ4v) is 2.98. The predicted molar refractivity (Wildman–Crippen MR) is 103 cm³/mol. The van der Waals surface area contributed by atoms with Crippen LogP contribution in [0, 0.1) is 0 Å². The summed E-state index contributed by atoms with van der Waals surface area (Å²) in [6.07, 6.45) is 0.956. The third kappa shape index (κ3) is 5.74. The van der Waals surface area contributed by atoms with Crippen molar-refractivity contribution in [3.05, 3.63) is 40.3 Å². The van der Waals surface area contributed by atoms with Gasteiger partial charge in [0, 0.05) is 23.5 Å². The van der Waals surface area contributed by atoms with Crippen molar-refractivity contribution in [3.63, 3.8) is 0 Å². The molecular formula is C16H21Cl2N3O3S. The van der Waals surface area contributed by atoms with Crippen LogP contribution in [0.3, 0.4) is 0 Å². The lowest BCUT2D eigenvalue weighted by Crippen LogP contribution is -2.36. The molecule has 0 aliphatic carbocycles. The summed E-state index contributed by atoms with van der Waals surface area (Å²) in [5.41, 5.74) is 3.20. The van der Waals surface area contributed by atoms with Gasteiger partial charge in [-0.05, 0) is 31.2 Å². The number of nitrogens with zero attached hydrogens (tertiary/aromatic N) is 1. The number of aromatic nitrogens is 1. The van der Waals surface area contributed by atoms with Crippen LogP contribution >= 0.6 is 36.2 Å². The van der Waals surface area contributed by atoms with E-state index >= 15 is 0 Å². The summed E-state index contributed by atoms with van der Waals surface area (Å²) in [6, 6.07) is 5.40. The molecule has 0 saturated carbocycles. The van der Waals surface area contributed by atoms with Crippen molar-refractivity contribution in [2.24, 2.45) is 0 Å². The fraction of sp³-hybridized carbons (Fsp3) is 0.375. The van der Waals surface area contributed by atoms with E-state index in [1.54, 1.807) is 30.8 Å². The van der Waals surface area contributed by atoms with Crippen molar-refractivity contribution in [1.82, 2.24) is 15.6 Å². The minimum atomic E-state index is -0.0944. The number of nitrogens with one attached hydrogen (secondary N) is 2. The van der Waals surface area contributed by atoms with E-state index in [0.717, 1.165) is 25.2 Å². The van der Waals surface area contributed by atoms with Crippen molar-refractivity contribution in [2.75, 3.05) is 20.2 Å². The molecule has 1 aliphatic rings. The maximum atomic E-state index is 12.3. The van der Waals surface area contributed by atoms with Crippen molar-refractivity contribution in [3.8, 4) is 11.5 Å². The Balaban J connectivity index is 0.00000156. The van der Waals surface area contributed by atoms with Gasteiger partial charge in [-0.25, -0.2) is 4.98 Å². The number of halogens is 2. The highest BCUT2D eigenvalue weighted by Crippen LogP contribution is 2.29. The topological polar surface area (TPSA) is 72.5 Å². The Bertz CT molecular complexity index is 665. The van der Waals surface area contributed by atoms with Gasteiger partial charge in [-0.2, -0.15) is 0 Å². The highest BCUT2D eigenvalue weighted by Gasteiger charge is 2.18. The molecule has 9 heteroatoms. The SMILES string of the molecule is COc1cc(C(=O)NC2CCNC2)ccc1OCc1cscn1.Cl.Cl. The van der Waals surface area contributed by atoms with Gasteiger partial charge in [0.25, 0.3) is 5.91 Å². The highest BCUT2D eigenvalue weighted by molar-refractivity contribution is 7.07. The lowest BCUT2D eigenvalue weighted by Gasteiger charge is -2.14. The van der Waals surface area contributed by atoms with Gasteiger partial charge in [0.1, 0.15) is 6.61 Å². The second kappa shape index (κ2) is 10.5. The lowest BCUT2D eigenvalue weighted by molar-refractivity contribution is 0.0939. The molecule has 6 nitrogen and oxygen atoms in total. The number of ether oxygens (including phenoxy) is 2. The quantitative estimate of drug-likeness (QED) is 0.772. The summed E-state index contributed by atoms with van der Waals surface area (Å²) >= 11 is 1.53. The second-order valence-electron chi connectivity index (χ2n) is 5.30. The third-order valence-corrected chi connectivity index (χ3v) is 4.32. The molecule has 138 valence electrons. The molecule has 1 fully saturated rings. The van der Waals surface area contributed by atoms with E-state index in [-0.39, 0.29) is 36.8 Å². The first-order valence-corrected chi connectivity index (χ1v) is 8.40. The zero-order valence-electron chi connectivity index (χ0n) is 13.7. The molecule has 0 bridgehead atoms. The maximum absolute atomic E-state index is 12.3. The molecule has 25 heavy (non-hydrogen) atoms. The first-order valence-electron chi connectivity index (χ1n) is 7.46. The first-order chi connectivity index (χ1) is 11.3. The predicted octanol–water partition coefficient (Wildman–Crippen LogP) is 2.67. The van der Waals surface area contributed by atoms with Gasteiger partial charge in [-0.3, -0.25) is 4.79 Å². The molecular weight excluding hydrogens is 385 g/mol. The molecule has 1 aromatic heterocycles. The van der Waals surface area contributed by atoms with Crippen molar-refractivity contribution in [2.45, 2.75) is 19.1 Å². The van der Waals surface area contributed by atoms with Crippen molar-refractivity contribution in [1.29, 1.82) is 0 Å². The molecule has 0 spiro atoms. The van der Waals surface area contributed by atoms with Crippen LogP contribution in [0.1, 0.15) is 22.5 Å². The zero-order chi connectivity index (χ0) is 16.1. The van der Waals surface area contributed by atoms with E-state index in [1.165, 1.54) is 11.3 Å². The molecule has 2 heterocycles. The van der Waals surface area contributed by atoms with Crippen LogP contribution in [-0.2, 0) is 6.61 Å². The highest BCUT2D eigenvalue weighted by atomic mass is 35.5. The summed E-state index contributed by atoms with van der Waals surface area (Å²) in [4.78, 5) is 16.5. The standard InChI is InChI=1S/C16H19N3O3S.2ClH/c1-21-15-6-11(16(20)19-12-4-5-17-7-12)2-3-14(15)22-8-13-9-23-10-18-13;;/h2-3,6,9-10,12,17H,4-5,7-8H2,1H3,(H,19,20);2*1H. The number of rotatable bonds is 6. The number of thiazole rings is 1. The average molecular weight is 406 g/mol. The van der Waals surface area contributed by atoms with Gasteiger partial charge < -0.3 is 20.1 Å². The number of carbonyl (C=O) groups excluding carboxylic acids is 1. The van der Waals surface area contributed by atoms with Gasteiger partial charge >= 0.3 is 0 Å². The van der Waals surface area contributed by atoms with Gasteiger partial charge in [-0.1, -0.05) is 0 Å². The summed E-state index contributed by atoms with van der Waals surface area (Å²) in [7, 11) is 1.56. The van der Waals surface area contributed by atoms with Crippen molar-refractivity contribution < 1.29 is 14.3 Å². The largest absolute Gasteiger partial charge is 0.493 e. The number of benzene rings is 1. The van der Waals surface area contributed by atoms with E-state index in [0.29, 0.717) is 23.7 Å². The molecule has 2 aromatic rings. The summed E-state index contributed by atoms with van der Waals surface area (Å²) in [5.74, 6) is 1.04. The first kappa shape index (κ1) is 21.5. The van der Waals surface area contributed by atoms with Crippen LogP contribution in [0.15, 0.2) is 29.1 Å². The minimum absolute atomic E-state index is 0. The van der Waals surface area contributed by atoms with Crippen LogP contribution in [-0.4, -0.2) is 37.1 Å². The third-order valence-electron chi connectivity index (χ3n) is 3.68. The number of hydrogen-bond acceptors (Lipinski definition) is 6. The Morgan fingerprint density at radius 2 is 2.24 bits per heavy atom.